The highest BCUT2D eigenvalue weighted by molar-refractivity contribution is 5.78. The molecule has 1 N–H and O–H groups in total. The van der Waals surface area contributed by atoms with Crippen molar-refractivity contribution in [3.63, 3.8) is 0 Å². The van der Waals surface area contributed by atoms with Gasteiger partial charge in [0, 0.05) is 6.42 Å². The highest BCUT2D eigenvalue weighted by Crippen LogP contribution is 2.30. The molecule has 0 aliphatic carbocycles. The second kappa shape index (κ2) is 5.25. The molecule has 100 valence electrons. The first kappa shape index (κ1) is 14.3. The number of rotatable bonds is 5. The Labute approximate surface area is 98.6 Å². The van der Waals surface area contributed by atoms with E-state index in [-0.39, 0.29) is 12.8 Å². The summed E-state index contributed by atoms with van der Waals surface area (Å²) in [6, 6.07) is 0. The van der Waals surface area contributed by atoms with Crippen molar-refractivity contribution < 1.29 is 23.1 Å². The van der Waals surface area contributed by atoms with Crippen molar-refractivity contribution in [1.82, 2.24) is 4.90 Å². The summed E-state index contributed by atoms with van der Waals surface area (Å²) in [5.41, 5.74) is -1.15. The fourth-order valence-electron chi connectivity index (χ4n) is 2.24. The first-order chi connectivity index (χ1) is 7.76. The van der Waals surface area contributed by atoms with Crippen LogP contribution in [0, 0.1) is 0 Å². The van der Waals surface area contributed by atoms with Crippen molar-refractivity contribution in [2.75, 3.05) is 13.1 Å². The molecule has 0 spiro atoms. The monoisotopic (exact) mass is 253 g/mol. The van der Waals surface area contributed by atoms with E-state index in [4.69, 9.17) is 0 Å². The Balaban J connectivity index is 2.56. The number of aliphatic carboxylic acids is 1. The van der Waals surface area contributed by atoms with E-state index in [0.29, 0.717) is 13.1 Å². The van der Waals surface area contributed by atoms with E-state index in [1.54, 1.807) is 4.90 Å². The van der Waals surface area contributed by atoms with Crippen LogP contribution in [0.25, 0.3) is 0 Å². The smallest absolute Gasteiger partial charge is 0.389 e. The van der Waals surface area contributed by atoms with Crippen LogP contribution in [0.1, 0.15) is 39.0 Å². The molecule has 3 nitrogen and oxygen atoms in total. The molecule has 0 aromatic carbocycles. The zero-order valence-corrected chi connectivity index (χ0v) is 9.89. The van der Waals surface area contributed by atoms with Gasteiger partial charge in [-0.25, -0.2) is 0 Å². The third-order valence-corrected chi connectivity index (χ3v) is 3.39. The highest BCUT2D eigenvalue weighted by atomic mass is 19.4. The first-order valence-electron chi connectivity index (χ1n) is 5.81. The quantitative estimate of drug-likeness (QED) is 0.818. The van der Waals surface area contributed by atoms with Crippen LogP contribution >= 0.6 is 0 Å². The van der Waals surface area contributed by atoms with E-state index < -0.39 is 24.1 Å². The Hall–Kier alpha value is -0.780. The third-order valence-electron chi connectivity index (χ3n) is 3.39. The molecule has 1 aliphatic rings. The molecule has 0 amide bonds. The minimum Gasteiger partial charge on any atom is -0.480 e. The molecule has 1 aliphatic heterocycles. The normalized spacial score (nSPS) is 21.4. The van der Waals surface area contributed by atoms with Crippen LogP contribution < -0.4 is 0 Å². The molecule has 0 bridgehead atoms. The first-order valence-corrected chi connectivity index (χ1v) is 5.81. The SMILES string of the molecule is CC(CCCC(F)(F)F)(C(=O)O)N1CCCC1. The van der Waals surface area contributed by atoms with Gasteiger partial charge in [0.1, 0.15) is 5.54 Å². The molecule has 1 rings (SSSR count). The van der Waals surface area contributed by atoms with Gasteiger partial charge in [0.05, 0.1) is 0 Å². The Morgan fingerprint density at radius 2 is 1.76 bits per heavy atom. The van der Waals surface area contributed by atoms with Crippen LogP contribution in [0.2, 0.25) is 0 Å². The van der Waals surface area contributed by atoms with E-state index in [2.05, 4.69) is 0 Å². The molecule has 0 aromatic rings. The predicted octanol–water partition coefficient (Wildman–Crippen LogP) is 2.66. The molecular weight excluding hydrogens is 235 g/mol. The fourth-order valence-corrected chi connectivity index (χ4v) is 2.24. The molecule has 17 heavy (non-hydrogen) atoms. The maximum Gasteiger partial charge on any atom is 0.389 e. The summed E-state index contributed by atoms with van der Waals surface area (Å²) < 4.78 is 36.1. The van der Waals surface area contributed by atoms with Crippen molar-refractivity contribution >= 4 is 5.97 Å². The summed E-state index contributed by atoms with van der Waals surface area (Å²) in [5, 5.41) is 9.20. The van der Waals surface area contributed by atoms with Gasteiger partial charge in [0.25, 0.3) is 0 Å². The van der Waals surface area contributed by atoms with Crippen molar-refractivity contribution in [3.05, 3.63) is 0 Å². The number of nitrogens with zero attached hydrogens (tertiary/aromatic N) is 1. The molecule has 1 atom stereocenters. The van der Waals surface area contributed by atoms with E-state index in [0.717, 1.165) is 12.8 Å². The highest BCUT2D eigenvalue weighted by Gasteiger charge is 2.41. The van der Waals surface area contributed by atoms with Crippen LogP contribution in [0.15, 0.2) is 0 Å². The van der Waals surface area contributed by atoms with E-state index >= 15 is 0 Å². The summed E-state index contributed by atoms with van der Waals surface area (Å²) in [6.07, 6.45) is -3.37. The van der Waals surface area contributed by atoms with Gasteiger partial charge >= 0.3 is 12.1 Å². The zero-order valence-electron chi connectivity index (χ0n) is 9.89. The number of hydrogen-bond acceptors (Lipinski definition) is 2. The second-order valence-corrected chi connectivity index (χ2v) is 4.74. The number of carboxylic acid groups (broad SMARTS) is 1. The Morgan fingerprint density at radius 1 is 1.24 bits per heavy atom. The van der Waals surface area contributed by atoms with Crippen molar-refractivity contribution in [2.24, 2.45) is 0 Å². The van der Waals surface area contributed by atoms with E-state index in [1.807, 2.05) is 0 Å². The lowest BCUT2D eigenvalue weighted by Gasteiger charge is -2.35. The lowest BCUT2D eigenvalue weighted by molar-refractivity contribution is -0.153. The van der Waals surface area contributed by atoms with Gasteiger partial charge in [-0.2, -0.15) is 13.2 Å². The summed E-state index contributed by atoms with van der Waals surface area (Å²) in [5.74, 6) is -1.03. The number of alkyl halides is 3. The predicted molar refractivity (Wildman–Crippen MR) is 56.8 cm³/mol. The largest absolute Gasteiger partial charge is 0.480 e. The van der Waals surface area contributed by atoms with Crippen LogP contribution in [0.4, 0.5) is 13.2 Å². The van der Waals surface area contributed by atoms with Gasteiger partial charge in [-0.1, -0.05) is 0 Å². The van der Waals surface area contributed by atoms with Gasteiger partial charge in [0.15, 0.2) is 0 Å². The van der Waals surface area contributed by atoms with Crippen LogP contribution in [0.3, 0.4) is 0 Å². The number of carbonyl (C=O) groups is 1. The minimum absolute atomic E-state index is 0.0435. The van der Waals surface area contributed by atoms with Crippen molar-refractivity contribution in [1.29, 1.82) is 0 Å². The standard InChI is InChI=1S/C11H18F3NO2/c1-10(9(16)17,15-7-2-3-8-15)5-4-6-11(12,13)14/h2-8H2,1H3,(H,16,17). The Kier molecular flexibility index (Phi) is 4.41. The van der Waals surface area contributed by atoms with E-state index in [9.17, 15) is 23.1 Å². The Bertz CT molecular complexity index is 274. The zero-order chi connectivity index (χ0) is 13.1. The van der Waals surface area contributed by atoms with E-state index in [1.165, 1.54) is 6.92 Å². The molecule has 1 saturated heterocycles. The number of carboxylic acids is 1. The second-order valence-electron chi connectivity index (χ2n) is 4.74. The van der Waals surface area contributed by atoms with Crippen LogP contribution in [-0.2, 0) is 4.79 Å². The van der Waals surface area contributed by atoms with Gasteiger partial charge in [-0.3, -0.25) is 9.69 Å². The van der Waals surface area contributed by atoms with Gasteiger partial charge < -0.3 is 5.11 Å². The van der Waals surface area contributed by atoms with Gasteiger partial charge in [-0.05, 0) is 45.7 Å². The molecule has 0 radical (unpaired) electrons. The van der Waals surface area contributed by atoms with Gasteiger partial charge in [-0.15, -0.1) is 0 Å². The maximum atomic E-state index is 12.0. The maximum absolute atomic E-state index is 12.0. The average Bonchev–Trinajstić information content (AvgIpc) is 2.67. The minimum atomic E-state index is -4.20. The summed E-state index contributed by atoms with van der Waals surface area (Å²) in [4.78, 5) is 13.0. The summed E-state index contributed by atoms with van der Waals surface area (Å²) in [7, 11) is 0. The summed E-state index contributed by atoms with van der Waals surface area (Å²) >= 11 is 0. The topological polar surface area (TPSA) is 40.5 Å². The molecule has 0 saturated carbocycles. The average molecular weight is 253 g/mol. The van der Waals surface area contributed by atoms with Crippen LogP contribution in [-0.4, -0.2) is 40.8 Å². The number of hydrogen-bond donors (Lipinski definition) is 1. The molecule has 1 unspecified atom stereocenters. The van der Waals surface area contributed by atoms with Gasteiger partial charge in [0.2, 0.25) is 0 Å². The molecular formula is C11H18F3NO2. The van der Waals surface area contributed by atoms with Crippen LogP contribution in [0.5, 0.6) is 0 Å². The molecule has 1 fully saturated rings. The Morgan fingerprint density at radius 3 is 2.18 bits per heavy atom. The summed E-state index contributed by atoms with van der Waals surface area (Å²) in [6.45, 7) is 2.85. The molecule has 0 aromatic heterocycles. The fraction of sp³-hybridized carbons (Fsp3) is 0.909. The lowest BCUT2D eigenvalue weighted by atomic mass is 9.93. The molecule has 1 heterocycles. The number of likely N-dealkylation sites (tertiary alicyclic amines) is 1. The third kappa shape index (κ3) is 3.87. The molecule has 6 heteroatoms. The lowest BCUT2D eigenvalue weighted by Crippen LogP contribution is -2.51. The number of halogens is 3. The van der Waals surface area contributed by atoms with Crippen molar-refractivity contribution in [3.8, 4) is 0 Å². The van der Waals surface area contributed by atoms with Crippen molar-refractivity contribution in [2.45, 2.75) is 50.7 Å².